The van der Waals surface area contributed by atoms with Crippen LogP contribution in [0, 0.1) is 22.9 Å². The number of carbonyl (C=O) groups excluding carboxylic acids is 2. The first-order chi connectivity index (χ1) is 22.7. The maximum atomic E-state index is 13.6. The van der Waals surface area contributed by atoms with Crippen molar-refractivity contribution < 1.29 is 28.7 Å². The molecule has 1 fully saturated rings. The van der Waals surface area contributed by atoms with E-state index in [-0.39, 0.29) is 33.3 Å². The number of hydrogen-bond donors (Lipinski definition) is 1. The van der Waals surface area contributed by atoms with Crippen LogP contribution in [-0.2, 0) is 21.9 Å². The normalized spacial score (nSPS) is 15.6. The number of aromatic nitrogens is 2. The Balaban J connectivity index is 1.33. The minimum atomic E-state index is -1.23. The monoisotopic (exact) mass is 668 g/mol. The average molecular weight is 669 g/mol. The fourth-order valence-corrected chi connectivity index (χ4v) is 6.86. The molecule has 1 amide bonds. The number of halogens is 1. The van der Waals surface area contributed by atoms with Crippen LogP contribution >= 0.6 is 23.1 Å². The molecule has 1 N–H and O–H groups in total. The zero-order valence-electron chi connectivity index (χ0n) is 24.7. The van der Waals surface area contributed by atoms with Crippen LogP contribution in [0.5, 0.6) is 5.75 Å². The number of carbonyl (C=O) groups is 2. The maximum absolute atomic E-state index is 13.6. The Hall–Kier alpha value is -5.40. The van der Waals surface area contributed by atoms with Crippen LogP contribution in [0.1, 0.15) is 33.9 Å². The highest BCUT2D eigenvalue weighted by Gasteiger charge is 2.48. The zero-order chi connectivity index (χ0) is 33.1. The van der Waals surface area contributed by atoms with E-state index in [1.165, 1.54) is 48.2 Å². The van der Waals surface area contributed by atoms with Crippen LogP contribution in [0.2, 0.25) is 0 Å². The predicted molar refractivity (Wildman–Crippen MR) is 176 cm³/mol. The van der Waals surface area contributed by atoms with Crippen LogP contribution in [-0.4, -0.2) is 31.9 Å². The number of non-ortho nitro benzene ring substituents is 1. The van der Waals surface area contributed by atoms with Crippen molar-refractivity contribution in [3.05, 3.63) is 146 Å². The van der Waals surface area contributed by atoms with E-state index < -0.39 is 28.4 Å². The highest BCUT2D eigenvalue weighted by molar-refractivity contribution is 8.00. The van der Waals surface area contributed by atoms with Gasteiger partial charge in [-0.15, -0.1) is 10.2 Å². The van der Waals surface area contributed by atoms with Gasteiger partial charge in [0.25, 0.3) is 11.5 Å². The van der Waals surface area contributed by atoms with E-state index in [1.54, 1.807) is 36.4 Å². The third kappa shape index (κ3) is 6.76. The van der Waals surface area contributed by atoms with Gasteiger partial charge in [0.15, 0.2) is 4.34 Å². The number of rotatable bonds is 10. The van der Waals surface area contributed by atoms with E-state index in [0.29, 0.717) is 22.4 Å². The quantitative estimate of drug-likeness (QED) is 0.0307. The van der Waals surface area contributed by atoms with Crippen molar-refractivity contribution in [2.24, 2.45) is 0 Å². The van der Waals surface area contributed by atoms with E-state index >= 15 is 0 Å². The van der Waals surface area contributed by atoms with Crippen molar-refractivity contribution in [3.63, 3.8) is 0 Å². The molecule has 1 unspecified atom stereocenters. The highest BCUT2D eigenvalue weighted by atomic mass is 32.2. The Morgan fingerprint density at radius 2 is 1.77 bits per heavy atom. The Labute approximate surface area is 276 Å². The Bertz CT molecular complexity index is 2010. The molecule has 47 heavy (non-hydrogen) atoms. The second-order valence-corrected chi connectivity index (χ2v) is 12.7. The van der Waals surface area contributed by atoms with Crippen molar-refractivity contribution in [1.29, 1.82) is 0 Å². The number of ketones is 1. The number of aliphatic hydroxyl groups excluding tert-OH is 1. The summed E-state index contributed by atoms with van der Waals surface area (Å²) in [5.41, 5.74) is 2.92. The fraction of sp³-hybridized carbons (Fsp3) is 0.118. The summed E-state index contributed by atoms with van der Waals surface area (Å²) in [6, 6.07) is 24.5. The van der Waals surface area contributed by atoms with E-state index in [0.717, 1.165) is 32.9 Å². The van der Waals surface area contributed by atoms with Crippen molar-refractivity contribution in [1.82, 2.24) is 10.2 Å². The van der Waals surface area contributed by atoms with Crippen LogP contribution in [0.4, 0.5) is 15.2 Å². The van der Waals surface area contributed by atoms with Gasteiger partial charge in [0.2, 0.25) is 5.13 Å². The number of hydrogen-bond acceptors (Lipinski definition) is 10. The molecule has 2 heterocycles. The number of aryl methyl sites for hydroxylation is 1. The number of benzene rings is 4. The second-order valence-electron chi connectivity index (χ2n) is 10.5. The van der Waals surface area contributed by atoms with Crippen molar-refractivity contribution >= 4 is 51.4 Å². The van der Waals surface area contributed by atoms with Gasteiger partial charge in [-0.05, 0) is 65.6 Å². The number of nitro benzene ring substituents is 1. The molecule has 10 nitrogen and oxygen atoms in total. The summed E-state index contributed by atoms with van der Waals surface area (Å²) in [7, 11) is 0. The fourth-order valence-electron chi connectivity index (χ4n) is 5.04. The minimum absolute atomic E-state index is 0.0733. The van der Waals surface area contributed by atoms with Crippen molar-refractivity contribution in [2.75, 3.05) is 4.90 Å². The lowest BCUT2D eigenvalue weighted by molar-refractivity contribution is -0.384. The van der Waals surface area contributed by atoms with Gasteiger partial charge in [-0.25, -0.2) is 4.39 Å². The van der Waals surface area contributed by atoms with Gasteiger partial charge in [-0.3, -0.25) is 24.6 Å². The first-order valence-corrected chi connectivity index (χ1v) is 16.0. The molecule has 1 aliphatic rings. The number of anilines is 1. The summed E-state index contributed by atoms with van der Waals surface area (Å²) >= 11 is 2.36. The largest absolute Gasteiger partial charge is 0.507 e. The summed E-state index contributed by atoms with van der Waals surface area (Å²) in [6.07, 6.45) is 0. The second kappa shape index (κ2) is 13.5. The molecule has 4 aromatic carbocycles. The topological polar surface area (TPSA) is 136 Å². The average Bonchev–Trinajstić information content (AvgIpc) is 3.65. The number of aliphatic hydroxyl groups is 1. The van der Waals surface area contributed by atoms with E-state index in [1.807, 2.05) is 31.2 Å². The molecule has 1 aliphatic heterocycles. The van der Waals surface area contributed by atoms with Gasteiger partial charge >= 0.3 is 5.91 Å². The molecule has 0 radical (unpaired) electrons. The van der Waals surface area contributed by atoms with Crippen molar-refractivity contribution in [2.45, 2.75) is 29.7 Å². The van der Waals surface area contributed by atoms with Crippen molar-refractivity contribution in [3.8, 4) is 5.75 Å². The van der Waals surface area contributed by atoms with E-state index in [4.69, 9.17) is 4.74 Å². The number of ether oxygens (including phenoxy) is 1. The number of thioether (sulfide) groups is 1. The molecule has 236 valence electrons. The van der Waals surface area contributed by atoms with Gasteiger partial charge in [0, 0.05) is 23.4 Å². The summed E-state index contributed by atoms with van der Waals surface area (Å²) in [5.74, 6) is -1.77. The van der Waals surface area contributed by atoms with Gasteiger partial charge in [0.1, 0.15) is 23.9 Å². The standard InChI is InChI=1S/C34H25FN4O6S2/c1-20-5-2-3-6-24(20)18-45-27-15-11-22(12-16-27)30(40)28-29(23-7-4-8-26(17-23)39(43)44)38(32(42)31(28)41)33-36-37-34(47-33)46-19-21-9-13-25(35)14-10-21/h2-17,29,40H,18-19H2,1H3/b30-28+. The minimum Gasteiger partial charge on any atom is -0.507 e. The van der Waals surface area contributed by atoms with Gasteiger partial charge in [-0.1, -0.05) is 71.6 Å². The molecule has 0 aliphatic carbocycles. The Kier molecular flexibility index (Phi) is 9.09. The number of Topliss-reactive ketones (excluding diaryl/α,β-unsaturated/α-hetero) is 1. The summed E-state index contributed by atoms with van der Waals surface area (Å²) in [5, 5.41) is 31.5. The molecule has 1 aromatic heterocycles. The Morgan fingerprint density at radius 3 is 2.49 bits per heavy atom. The third-order valence-corrected chi connectivity index (χ3v) is 9.63. The number of amides is 1. The van der Waals surface area contributed by atoms with Gasteiger partial charge < -0.3 is 9.84 Å². The smallest absolute Gasteiger partial charge is 0.301 e. The molecule has 1 saturated heterocycles. The highest BCUT2D eigenvalue weighted by Crippen LogP contribution is 2.44. The molecule has 5 aromatic rings. The van der Waals surface area contributed by atoms with E-state index in [2.05, 4.69) is 10.2 Å². The molecular weight excluding hydrogens is 644 g/mol. The lowest BCUT2D eigenvalue weighted by Gasteiger charge is -2.22. The molecule has 0 bridgehead atoms. The third-order valence-electron chi connectivity index (χ3n) is 7.50. The summed E-state index contributed by atoms with van der Waals surface area (Å²) in [4.78, 5) is 39.3. The lowest BCUT2D eigenvalue weighted by atomic mass is 9.95. The number of nitro groups is 1. The van der Waals surface area contributed by atoms with Crippen LogP contribution in [0.3, 0.4) is 0 Å². The predicted octanol–water partition coefficient (Wildman–Crippen LogP) is 7.39. The SMILES string of the molecule is Cc1ccccc1COc1ccc(/C(O)=C2\C(=O)C(=O)N(c3nnc(SCc4ccc(F)cc4)s3)C2c2cccc([N+](=O)[O-])c2)cc1. The van der Waals surface area contributed by atoms with Crippen LogP contribution in [0.25, 0.3) is 5.76 Å². The molecule has 0 spiro atoms. The first-order valence-electron chi connectivity index (χ1n) is 14.2. The van der Waals surface area contributed by atoms with E-state index in [9.17, 15) is 29.2 Å². The molecular formula is C34H25FN4O6S2. The maximum Gasteiger partial charge on any atom is 0.301 e. The molecule has 1 atom stereocenters. The first kappa shape index (κ1) is 31.6. The Morgan fingerprint density at radius 1 is 1.02 bits per heavy atom. The molecule has 13 heteroatoms. The number of nitrogens with zero attached hydrogens (tertiary/aromatic N) is 4. The van der Waals surface area contributed by atoms with Gasteiger partial charge in [0.05, 0.1) is 16.5 Å². The van der Waals surface area contributed by atoms with Crippen LogP contribution in [0.15, 0.2) is 107 Å². The lowest BCUT2D eigenvalue weighted by Crippen LogP contribution is -2.29. The zero-order valence-corrected chi connectivity index (χ0v) is 26.3. The molecule has 6 rings (SSSR count). The van der Waals surface area contributed by atoms with Crippen LogP contribution < -0.4 is 9.64 Å². The summed E-state index contributed by atoms with van der Waals surface area (Å²) in [6.45, 7) is 2.32. The van der Waals surface area contributed by atoms with Gasteiger partial charge in [-0.2, -0.15) is 0 Å². The summed E-state index contributed by atoms with van der Waals surface area (Å²) < 4.78 is 19.7. The molecule has 0 saturated carbocycles.